The van der Waals surface area contributed by atoms with E-state index in [0.717, 1.165) is 0 Å². The van der Waals surface area contributed by atoms with Gasteiger partial charge in [0.05, 0.1) is 23.5 Å². The van der Waals surface area contributed by atoms with Crippen LogP contribution in [-0.4, -0.2) is 17.5 Å². The average molecular weight is 360 g/mol. The number of nitro benzene ring substituents is 1. The van der Waals surface area contributed by atoms with Crippen LogP contribution in [0, 0.1) is 25.0 Å². The standard InChI is InChI=1S/C11H9IN2O4/c1-2-18-11(15)4-7-3-8(6-13)9(12)5-10(7)14(16)17/h3,5H,2,4H2,1H3. The molecule has 0 bridgehead atoms. The van der Waals surface area contributed by atoms with Gasteiger partial charge in [-0.15, -0.1) is 0 Å². The number of rotatable bonds is 4. The third kappa shape index (κ3) is 3.40. The normalized spacial score (nSPS) is 9.61. The van der Waals surface area contributed by atoms with E-state index in [1.807, 2.05) is 28.7 Å². The van der Waals surface area contributed by atoms with Gasteiger partial charge in [0.25, 0.3) is 5.69 Å². The van der Waals surface area contributed by atoms with Crippen LogP contribution in [-0.2, 0) is 16.0 Å². The number of hydrogen-bond acceptors (Lipinski definition) is 5. The highest BCUT2D eigenvalue weighted by Crippen LogP contribution is 2.25. The molecule has 0 fully saturated rings. The molecule has 0 aliphatic heterocycles. The Labute approximate surface area is 117 Å². The molecule has 18 heavy (non-hydrogen) atoms. The Kier molecular flexibility index (Phi) is 5.03. The number of carbonyl (C=O) groups excluding carboxylic acids is 1. The smallest absolute Gasteiger partial charge is 0.310 e. The molecule has 0 atom stereocenters. The second-order valence-corrected chi connectivity index (χ2v) is 4.47. The van der Waals surface area contributed by atoms with Crippen LogP contribution in [0.3, 0.4) is 0 Å². The lowest BCUT2D eigenvalue weighted by atomic mass is 10.1. The highest BCUT2D eigenvalue weighted by molar-refractivity contribution is 14.1. The molecule has 1 rings (SSSR count). The Balaban J connectivity index is 3.19. The Morgan fingerprint density at radius 3 is 2.78 bits per heavy atom. The summed E-state index contributed by atoms with van der Waals surface area (Å²) in [7, 11) is 0. The van der Waals surface area contributed by atoms with Crippen molar-refractivity contribution in [1.82, 2.24) is 0 Å². The molecule has 0 heterocycles. The lowest BCUT2D eigenvalue weighted by Gasteiger charge is -2.05. The van der Waals surface area contributed by atoms with Gasteiger partial charge in [0, 0.05) is 15.2 Å². The first-order valence-corrected chi connectivity index (χ1v) is 6.10. The molecule has 0 saturated heterocycles. The Morgan fingerprint density at radius 2 is 2.28 bits per heavy atom. The summed E-state index contributed by atoms with van der Waals surface area (Å²) in [6.07, 6.45) is -0.213. The van der Waals surface area contributed by atoms with Crippen molar-refractivity contribution in [2.24, 2.45) is 0 Å². The SMILES string of the molecule is CCOC(=O)Cc1cc(C#N)c(I)cc1[N+](=O)[O-]. The zero-order valence-corrected chi connectivity index (χ0v) is 11.6. The summed E-state index contributed by atoms with van der Waals surface area (Å²) in [4.78, 5) is 21.7. The minimum absolute atomic E-state index is 0.175. The molecule has 94 valence electrons. The molecule has 7 heteroatoms. The lowest BCUT2D eigenvalue weighted by Crippen LogP contribution is -2.09. The third-order valence-corrected chi connectivity index (χ3v) is 3.02. The molecule has 0 N–H and O–H groups in total. The van der Waals surface area contributed by atoms with Crippen molar-refractivity contribution < 1.29 is 14.5 Å². The van der Waals surface area contributed by atoms with Crippen LogP contribution >= 0.6 is 22.6 Å². The number of benzene rings is 1. The fraction of sp³-hybridized carbons (Fsp3) is 0.273. The summed E-state index contributed by atoms with van der Waals surface area (Å²) in [6.45, 7) is 1.86. The second kappa shape index (κ2) is 6.30. The van der Waals surface area contributed by atoms with Gasteiger partial charge in [-0.05, 0) is 35.6 Å². The molecule has 0 spiro atoms. The number of carbonyl (C=O) groups is 1. The van der Waals surface area contributed by atoms with Gasteiger partial charge < -0.3 is 4.74 Å². The van der Waals surface area contributed by atoms with Gasteiger partial charge in [-0.3, -0.25) is 14.9 Å². The summed E-state index contributed by atoms with van der Waals surface area (Å²) in [6, 6.07) is 4.57. The summed E-state index contributed by atoms with van der Waals surface area (Å²) in [5.41, 5.74) is 0.322. The summed E-state index contributed by atoms with van der Waals surface area (Å²) in [5, 5.41) is 19.7. The number of nitrogens with zero attached hydrogens (tertiary/aromatic N) is 2. The molecule has 0 amide bonds. The first-order chi connectivity index (χ1) is 8.49. The largest absolute Gasteiger partial charge is 0.466 e. The van der Waals surface area contributed by atoms with Crippen LogP contribution in [0.5, 0.6) is 0 Å². The fourth-order valence-electron chi connectivity index (χ4n) is 1.37. The zero-order chi connectivity index (χ0) is 13.7. The molecule has 0 aromatic heterocycles. The highest BCUT2D eigenvalue weighted by Gasteiger charge is 2.19. The maximum atomic E-state index is 11.3. The number of ether oxygens (including phenoxy) is 1. The molecular formula is C11H9IN2O4. The van der Waals surface area contributed by atoms with E-state index in [1.165, 1.54) is 12.1 Å². The van der Waals surface area contributed by atoms with Gasteiger partial charge >= 0.3 is 5.97 Å². The van der Waals surface area contributed by atoms with Crippen LogP contribution < -0.4 is 0 Å². The molecule has 0 saturated carbocycles. The molecule has 0 unspecified atom stereocenters. The molecule has 0 aliphatic carbocycles. The quantitative estimate of drug-likeness (QED) is 0.355. The molecule has 1 aromatic carbocycles. The zero-order valence-electron chi connectivity index (χ0n) is 9.47. The van der Waals surface area contributed by atoms with Crippen LogP contribution in [0.1, 0.15) is 18.1 Å². The number of halogens is 1. The van der Waals surface area contributed by atoms with Crippen LogP contribution in [0.4, 0.5) is 5.69 Å². The summed E-state index contributed by atoms with van der Waals surface area (Å²) < 4.78 is 5.22. The van der Waals surface area contributed by atoms with Gasteiger partial charge in [0.15, 0.2) is 0 Å². The molecular weight excluding hydrogens is 351 g/mol. The monoisotopic (exact) mass is 360 g/mol. The highest BCUT2D eigenvalue weighted by atomic mass is 127. The van der Waals surface area contributed by atoms with E-state index < -0.39 is 10.9 Å². The predicted molar refractivity (Wildman–Crippen MR) is 70.9 cm³/mol. The van der Waals surface area contributed by atoms with Crippen molar-refractivity contribution in [2.75, 3.05) is 6.61 Å². The average Bonchev–Trinajstić information content (AvgIpc) is 2.30. The van der Waals surface area contributed by atoms with Crippen molar-refractivity contribution in [3.63, 3.8) is 0 Å². The first kappa shape index (κ1) is 14.4. The third-order valence-electron chi connectivity index (χ3n) is 2.13. The Morgan fingerprint density at radius 1 is 1.61 bits per heavy atom. The Hall–Kier alpha value is -1.69. The molecule has 6 nitrogen and oxygen atoms in total. The maximum Gasteiger partial charge on any atom is 0.310 e. The molecule has 0 radical (unpaired) electrons. The number of hydrogen-bond donors (Lipinski definition) is 0. The van der Waals surface area contributed by atoms with Gasteiger partial charge in [-0.1, -0.05) is 0 Å². The topological polar surface area (TPSA) is 93.2 Å². The Bertz CT molecular complexity index is 537. The van der Waals surface area contributed by atoms with Crippen molar-refractivity contribution in [2.45, 2.75) is 13.3 Å². The van der Waals surface area contributed by atoms with E-state index in [0.29, 0.717) is 9.13 Å². The van der Waals surface area contributed by atoms with Crippen molar-refractivity contribution in [3.05, 3.63) is 36.9 Å². The van der Waals surface area contributed by atoms with Gasteiger partial charge in [-0.2, -0.15) is 5.26 Å². The van der Waals surface area contributed by atoms with Crippen LogP contribution in [0.25, 0.3) is 0 Å². The second-order valence-electron chi connectivity index (χ2n) is 3.31. The molecule has 0 aliphatic rings. The predicted octanol–water partition coefficient (Wildman–Crippen LogP) is 2.18. The van der Waals surface area contributed by atoms with E-state index in [2.05, 4.69) is 0 Å². The van der Waals surface area contributed by atoms with Crippen molar-refractivity contribution in [1.29, 1.82) is 5.26 Å². The maximum absolute atomic E-state index is 11.3. The van der Waals surface area contributed by atoms with E-state index >= 15 is 0 Å². The molecule has 1 aromatic rings. The van der Waals surface area contributed by atoms with Crippen molar-refractivity contribution >= 4 is 34.2 Å². The van der Waals surface area contributed by atoms with Crippen LogP contribution in [0.2, 0.25) is 0 Å². The number of esters is 1. The lowest BCUT2D eigenvalue weighted by molar-refractivity contribution is -0.385. The van der Waals surface area contributed by atoms with Crippen molar-refractivity contribution in [3.8, 4) is 6.07 Å². The van der Waals surface area contributed by atoms with E-state index in [4.69, 9.17) is 10.00 Å². The number of nitriles is 1. The van der Waals surface area contributed by atoms with E-state index in [9.17, 15) is 14.9 Å². The minimum atomic E-state index is -0.572. The van der Waals surface area contributed by atoms with Gasteiger partial charge in [0.1, 0.15) is 6.07 Å². The van der Waals surface area contributed by atoms with Gasteiger partial charge in [-0.25, -0.2) is 0 Å². The minimum Gasteiger partial charge on any atom is -0.466 e. The van der Waals surface area contributed by atoms with Gasteiger partial charge in [0.2, 0.25) is 0 Å². The summed E-state index contributed by atoms with van der Waals surface area (Å²) >= 11 is 1.84. The van der Waals surface area contributed by atoms with Crippen LogP contribution in [0.15, 0.2) is 12.1 Å². The van der Waals surface area contributed by atoms with E-state index in [1.54, 1.807) is 6.92 Å². The first-order valence-electron chi connectivity index (χ1n) is 5.02. The van der Waals surface area contributed by atoms with E-state index in [-0.39, 0.29) is 24.3 Å². The fourth-order valence-corrected chi connectivity index (χ4v) is 1.94. The number of nitro groups is 1. The summed E-state index contributed by atoms with van der Waals surface area (Å²) in [5.74, 6) is -0.550.